The predicted octanol–water partition coefficient (Wildman–Crippen LogP) is 1.84. The van der Waals surface area contributed by atoms with Crippen LogP contribution in [0.3, 0.4) is 0 Å². The molecule has 5 nitrogen and oxygen atoms in total. The van der Waals surface area contributed by atoms with Crippen LogP contribution in [0.4, 0.5) is 5.82 Å². The third-order valence-electron chi connectivity index (χ3n) is 3.07. The van der Waals surface area contributed by atoms with Gasteiger partial charge in [0.25, 0.3) is 0 Å². The lowest BCUT2D eigenvalue weighted by Gasteiger charge is -2.36. The minimum Gasteiger partial charge on any atom is -0.394 e. The molecule has 2 atom stereocenters. The molecule has 1 aromatic rings. The Morgan fingerprint density at radius 1 is 1.47 bits per heavy atom. The van der Waals surface area contributed by atoms with E-state index in [0.717, 1.165) is 18.2 Å². The molecule has 106 valence electrons. The fraction of sp³-hybridized carbons (Fsp3) is 0.692. The lowest BCUT2D eigenvalue weighted by molar-refractivity contribution is -0.0423. The Labute approximate surface area is 118 Å². The van der Waals surface area contributed by atoms with Crippen molar-refractivity contribution >= 4 is 17.4 Å². The van der Waals surface area contributed by atoms with Gasteiger partial charge in [-0.3, -0.25) is 0 Å². The number of aliphatic hydroxyl groups excluding tert-OH is 1. The molecule has 0 aromatic carbocycles. The second-order valence-electron chi connectivity index (χ2n) is 5.22. The second-order valence-corrected chi connectivity index (χ2v) is 5.61. The first-order chi connectivity index (χ1) is 8.99. The van der Waals surface area contributed by atoms with Crippen molar-refractivity contribution in [2.75, 3.05) is 24.6 Å². The van der Waals surface area contributed by atoms with E-state index in [0.29, 0.717) is 11.7 Å². The van der Waals surface area contributed by atoms with E-state index in [9.17, 15) is 5.11 Å². The molecule has 0 radical (unpaired) electrons. The van der Waals surface area contributed by atoms with Crippen LogP contribution in [-0.4, -0.2) is 47.0 Å². The number of hydrogen-bond acceptors (Lipinski definition) is 5. The zero-order chi connectivity index (χ0) is 14.0. The lowest BCUT2D eigenvalue weighted by Crippen LogP contribution is -2.48. The molecule has 1 saturated heterocycles. The summed E-state index contributed by atoms with van der Waals surface area (Å²) in [5.41, 5.74) is 0. The summed E-state index contributed by atoms with van der Waals surface area (Å²) in [6.45, 7) is 7.42. The Hall–Kier alpha value is -0.910. The van der Waals surface area contributed by atoms with Gasteiger partial charge in [0, 0.05) is 25.1 Å². The van der Waals surface area contributed by atoms with Crippen LogP contribution in [0.15, 0.2) is 6.07 Å². The SMILES string of the molecule is CC1CN(c2cc(Cl)nc(C(C)C)n2)CC(CO)O1. The van der Waals surface area contributed by atoms with Crippen LogP contribution in [-0.2, 0) is 4.74 Å². The van der Waals surface area contributed by atoms with Crippen LogP contribution in [0.2, 0.25) is 5.15 Å². The number of anilines is 1. The van der Waals surface area contributed by atoms with Gasteiger partial charge in [0.15, 0.2) is 0 Å². The van der Waals surface area contributed by atoms with Crippen LogP contribution in [0, 0.1) is 0 Å². The highest BCUT2D eigenvalue weighted by Crippen LogP contribution is 2.23. The summed E-state index contributed by atoms with van der Waals surface area (Å²) in [6, 6.07) is 1.76. The van der Waals surface area contributed by atoms with Gasteiger partial charge < -0.3 is 14.7 Å². The highest BCUT2D eigenvalue weighted by atomic mass is 35.5. The maximum Gasteiger partial charge on any atom is 0.135 e. The first kappa shape index (κ1) is 14.5. The minimum absolute atomic E-state index is 0.0106. The Morgan fingerprint density at radius 3 is 2.84 bits per heavy atom. The third-order valence-corrected chi connectivity index (χ3v) is 3.26. The standard InChI is InChI=1S/C13H20ClN3O2/c1-8(2)13-15-11(14)4-12(16-13)17-5-9(3)19-10(6-17)7-18/h4,8-10,18H,5-7H2,1-3H3. The Morgan fingerprint density at radius 2 is 2.21 bits per heavy atom. The highest BCUT2D eigenvalue weighted by molar-refractivity contribution is 6.29. The van der Waals surface area contributed by atoms with E-state index in [1.165, 1.54) is 0 Å². The van der Waals surface area contributed by atoms with Gasteiger partial charge in [-0.05, 0) is 6.92 Å². The summed E-state index contributed by atoms with van der Waals surface area (Å²) >= 11 is 6.06. The molecule has 6 heteroatoms. The number of aliphatic hydroxyl groups is 1. The van der Waals surface area contributed by atoms with Gasteiger partial charge in [-0.1, -0.05) is 25.4 Å². The number of aromatic nitrogens is 2. The molecule has 0 aliphatic carbocycles. The van der Waals surface area contributed by atoms with Gasteiger partial charge in [-0.2, -0.15) is 0 Å². The number of nitrogens with zero attached hydrogens (tertiary/aromatic N) is 3. The number of hydrogen-bond donors (Lipinski definition) is 1. The van der Waals surface area contributed by atoms with E-state index in [4.69, 9.17) is 16.3 Å². The molecule has 1 aliphatic heterocycles. The molecule has 0 amide bonds. The molecule has 0 saturated carbocycles. The molecule has 2 heterocycles. The zero-order valence-corrected chi connectivity index (χ0v) is 12.3. The molecule has 19 heavy (non-hydrogen) atoms. The zero-order valence-electron chi connectivity index (χ0n) is 11.5. The number of rotatable bonds is 3. The lowest BCUT2D eigenvalue weighted by atomic mass is 10.2. The smallest absolute Gasteiger partial charge is 0.135 e. The minimum atomic E-state index is -0.181. The van der Waals surface area contributed by atoms with E-state index in [2.05, 4.69) is 14.9 Å². The average molecular weight is 286 g/mol. The van der Waals surface area contributed by atoms with E-state index in [1.807, 2.05) is 20.8 Å². The molecule has 1 aliphatic rings. The van der Waals surface area contributed by atoms with E-state index >= 15 is 0 Å². The van der Waals surface area contributed by atoms with E-state index in [1.54, 1.807) is 6.07 Å². The van der Waals surface area contributed by atoms with Gasteiger partial charge in [0.1, 0.15) is 16.8 Å². The predicted molar refractivity (Wildman–Crippen MR) is 74.8 cm³/mol. The van der Waals surface area contributed by atoms with Crippen molar-refractivity contribution in [1.29, 1.82) is 0 Å². The third kappa shape index (κ3) is 3.55. The molecule has 1 fully saturated rings. The van der Waals surface area contributed by atoms with Crippen LogP contribution in [0.25, 0.3) is 0 Å². The van der Waals surface area contributed by atoms with Crippen LogP contribution >= 0.6 is 11.6 Å². The van der Waals surface area contributed by atoms with Gasteiger partial charge in [-0.15, -0.1) is 0 Å². The van der Waals surface area contributed by atoms with Crippen molar-refractivity contribution in [3.05, 3.63) is 17.0 Å². The largest absolute Gasteiger partial charge is 0.394 e. The van der Waals surface area contributed by atoms with Crippen LogP contribution in [0.1, 0.15) is 32.5 Å². The fourth-order valence-corrected chi connectivity index (χ4v) is 2.36. The molecule has 1 N–H and O–H groups in total. The normalized spacial score (nSPS) is 24.0. The number of ether oxygens (including phenoxy) is 1. The van der Waals surface area contributed by atoms with Crippen molar-refractivity contribution in [1.82, 2.24) is 9.97 Å². The number of morpholine rings is 1. The van der Waals surface area contributed by atoms with Crippen molar-refractivity contribution in [3.8, 4) is 0 Å². The quantitative estimate of drug-likeness (QED) is 0.859. The Balaban J connectivity index is 2.25. The van der Waals surface area contributed by atoms with Gasteiger partial charge >= 0.3 is 0 Å². The monoisotopic (exact) mass is 285 g/mol. The second kappa shape index (κ2) is 6.03. The fourth-order valence-electron chi connectivity index (χ4n) is 2.18. The first-order valence-electron chi connectivity index (χ1n) is 6.55. The molecular weight excluding hydrogens is 266 g/mol. The summed E-state index contributed by atoms with van der Waals surface area (Å²) in [5.74, 6) is 1.77. The van der Waals surface area contributed by atoms with Crippen LogP contribution in [0.5, 0.6) is 0 Å². The highest BCUT2D eigenvalue weighted by Gasteiger charge is 2.26. The average Bonchev–Trinajstić information content (AvgIpc) is 2.37. The molecular formula is C13H20ClN3O2. The maximum atomic E-state index is 9.26. The molecule has 2 rings (SSSR count). The van der Waals surface area contributed by atoms with Gasteiger partial charge in [0.2, 0.25) is 0 Å². The Kier molecular flexibility index (Phi) is 4.60. The van der Waals surface area contributed by atoms with Crippen molar-refractivity contribution in [3.63, 3.8) is 0 Å². The van der Waals surface area contributed by atoms with Crippen LogP contribution < -0.4 is 4.90 Å². The summed E-state index contributed by atoms with van der Waals surface area (Å²) in [5, 5.41) is 9.71. The summed E-state index contributed by atoms with van der Waals surface area (Å²) in [7, 11) is 0. The van der Waals surface area contributed by atoms with E-state index in [-0.39, 0.29) is 24.7 Å². The summed E-state index contributed by atoms with van der Waals surface area (Å²) < 4.78 is 5.63. The van der Waals surface area contributed by atoms with Crippen molar-refractivity contribution in [2.24, 2.45) is 0 Å². The number of halogens is 1. The molecule has 0 spiro atoms. The van der Waals surface area contributed by atoms with Gasteiger partial charge in [-0.25, -0.2) is 9.97 Å². The maximum absolute atomic E-state index is 9.26. The first-order valence-corrected chi connectivity index (χ1v) is 6.93. The topological polar surface area (TPSA) is 58.5 Å². The molecule has 1 aromatic heterocycles. The summed E-state index contributed by atoms with van der Waals surface area (Å²) in [4.78, 5) is 10.9. The molecule has 2 unspecified atom stereocenters. The van der Waals surface area contributed by atoms with Gasteiger partial charge in [0.05, 0.1) is 18.8 Å². The Bertz CT molecular complexity index is 442. The van der Waals surface area contributed by atoms with Crippen molar-refractivity contribution in [2.45, 2.75) is 38.9 Å². The van der Waals surface area contributed by atoms with Crippen molar-refractivity contribution < 1.29 is 9.84 Å². The molecule has 0 bridgehead atoms. The summed E-state index contributed by atoms with van der Waals surface area (Å²) in [6.07, 6.45) is -0.123. The van der Waals surface area contributed by atoms with E-state index < -0.39 is 0 Å².